The minimum atomic E-state index is 0. The monoisotopic (exact) mass is 297 g/mol. The van der Waals surface area contributed by atoms with Gasteiger partial charge >= 0.3 is 0 Å². The van der Waals surface area contributed by atoms with Gasteiger partial charge in [-0.05, 0) is 6.92 Å². The summed E-state index contributed by atoms with van der Waals surface area (Å²) in [5.41, 5.74) is 1.74. The number of aromatic nitrogens is 1. The first kappa shape index (κ1) is 13.1. The average molecular weight is 298 g/mol. The second-order valence-corrected chi connectivity index (χ2v) is 4.29. The number of benzene rings is 1. The molecule has 2 rings (SSSR count). The number of thiazole rings is 1. The lowest BCUT2D eigenvalue weighted by Crippen LogP contribution is -2.02. The van der Waals surface area contributed by atoms with Gasteiger partial charge in [0.2, 0.25) is 0 Å². The number of nitrogens with zero attached hydrogens (tertiary/aromatic N) is 1. The molecule has 2 nitrogen and oxygen atoms in total. The molecule has 84 valence electrons. The van der Waals surface area contributed by atoms with Crippen molar-refractivity contribution in [1.29, 1.82) is 0 Å². The fourth-order valence-electron chi connectivity index (χ4n) is 1.35. The van der Waals surface area contributed by atoms with Crippen LogP contribution in [0.3, 0.4) is 0 Å². The van der Waals surface area contributed by atoms with E-state index in [1.807, 2.05) is 42.6 Å². The van der Waals surface area contributed by atoms with Crippen LogP contribution in [0.1, 0.15) is 21.1 Å². The van der Waals surface area contributed by atoms with Gasteiger partial charge in [0.1, 0.15) is 5.01 Å². The van der Waals surface area contributed by atoms with Crippen LogP contribution in [-0.4, -0.2) is 10.8 Å². The molecular weight excluding hydrogens is 286 g/mol. The first-order valence-electron chi connectivity index (χ1n) is 4.75. The predicted molar refractivity (Wildman–Crippen MR) is 71.6 cm³/mol. The fourth-order valence-corrected chi connectivity index (χ4v) is 2.12. The van der Waals surface area contributed by atoms with E-state index in [1.54, 1.807) is 11.3 Å². The maximum atomic E-state index is 11.8. The third-order valence-electron chi connectivity index (χ3n) is 2.07. The number of Topliss-reactive ketones (excluding diaryl/α,β-unsaturated/α-hetero) is 1. The summed E-state index contributed by atoms with van der Waals surface area (Å²) in [6.45, 7) is 1.94. The van der Waals surface area contributed by atoms with Gasteiger partial charge in [-0.15, -0.1) is 28.3 Å². The highest BCUT2D eigenvalue weighted by atomic mass is 79.9. The summed E-state index contributed by atoms with van der Waals surface area (Å²) in [5, 5.41) is 2.86. The van der Waals surface area contributed by atoms with Crippen molar-refractivity contribution < 1.29 is 4.79 Å². The molecule has 2 aromatic rings. The molecule has 0 bridgehead atoms. The van der Waals surface area contributed by atoms with Crippen molar-refractivity contribution in [1.82, 2.24) is 4.98 Å². The highest BCUT2D eigenvalue weighted by molar-refractivity contribution is 8.93. The molecule has 4 heteroatoms. The van der Waals surface area contributed by atoms with E-state index in [2.05, 4.69) is 4.98 Å². The molecule has 0 atom stereocenters. The van der Waals surface area contributed by atoms with E-state index in [1.165, 1.54) is 0 Å². The minimum Gasteiger partial charge on any atom is -0.294 e. The number of aryl methyl sites for hydroxylation is 1. The molecule has 1 heterocycles. The topological polar surface area (TPSA) is 30.0 Å². The third-order valence-corrected chi connectivity index (χ3v) is 3.04. The van der Waals surface area contributed by atoms with Crippen LogP contribution in [0.15, 0.2) is 35.7 Å². The Morgan fingerprint density at radius 1 is 1.31 bits per heavy atom. The standard InChI is InChI=1S/C12H11NOS.BrH/c1-9-8-15-12(13-9)7-11(14)10-5-3-2-4-6-10;/h2-6,8H,7H2,1H3;1H. The Hall–Kier alpha value is -1.00. The van der Waals surface area contributed by atoms with E-state index in [-0.39, 0.29) is 22.8 Å². The molecule has 1 aromatic carbocycles. The summed E-state index contributed by atoms with van der Waals surface area (Å²) in [7, 11) is 0. The number of ketones is 1. The smallest absolute Gasteiger partial charge is 0.169 e. The Morgan fingerprint density at radius 2 is 2.00 bits per heavy atom. The van der Waals surface area contributed by atoms with Gasteiger partial charge in [0.05, 0.1) is 6.42 Å². The van der Waals surface area contributed by atoms with E-state index in [0.717, 1.165) is 16.3 Å². The van der Waals surface area contributed by atoms with E-state index in [0.29, 0.717) is 6.42 Å². The molecule has 1 aromatic heterocycles. The molecule has 0 N–H and O–H groups in total. The Labute approximate surface area is 109 Å². The van der Waals surface area contributed by atoms with Gasteiger partial charge in [-0.25, -0.2) is 4.98 Å². The van der Waals surface area contributed by atoms with Gasteiger partial charge in [-0.1, -0.05) is 30.3 Å². The summed E-state index contributed by atoms with van der Waals surface area (Å²) in [6, 6.07) is 9.33. The van der Waals surface area contributed by atoms with E-state index < -0.39 is 0 Å². The molecule has 0 fully saturated rings. The molecule has 0 spiro atoms. The number of halogens is 1. The second-order valence-electron chi connectivity index (χ2n) is 3.35. The van der Waals surface area contributed by atoms with Crippen LogP contribution >= 0.6 is 28.3 Å². The Bertz CT molecular complexity index is 467. The lowest BCUT2D eigenvalue weighted by Gasteiger charge is -1.97. The van der Waals surface area contributed by atoms with Crippen molar-refractivity contribution in [3.8, 4) is 0 Å². The highest BCUT2D eigenvalue weighted by Crippen LogP contribution is 2.12. The van der Waals surface area contributed by atoms with Crippen molar-refractivity contribution in [2.24, 2.45) is 0 Å². The first-order valence-corrected chi connectivity index (χ1v) is 5.63. The van der Waals surface area contributed by atoms with E-state index >= 15 is 0 Å². The molecule has 0 aliphatic heterocycles. The maximum Gasteiger partial charge on any atom is 0.169 e. The zero-order chi connectivity index (χ0) is 10.7. The van der Waals surface area contributed by atoms with Crippen molar-refractivity contribution >= 4 is 34.1 Å². The van der Waals surface area contributed by atoms with Crippen molar-refractivity contribution in [2.45, 2.75) is 13.3 Å². The van der Waals surface area contributed by atoms with Crippen LogP contribution in [-0.2, 0) is 6.42 Å². The molecule has 0 saturated carbocycles. The van der Waals surface area contributed by atoms with Crippen LogP contribution in [0, 0.1) is 6.92 Å². The van der Waals surface area contributed by atoms with Crippen LogP contribution in [0.2, 0.25) is 0 Å². The quantitative estimate of drug-likeness (QED) is 0.812. The van der Waals surface area contributed by atoms with Gasteiger partial charge in [0.15, 0.2) is 5.78 Å². The van der Waals surface area contributed by atoms with Gasteiger partial charge in [0.25, 0.3) is 0 Å². The summed E-state index contributed by atoms with van der Waals surface area (Å²) < 4.78 is 0. The molecule has 0 saturated heterocycles. The van der Waals surface area contributed by atoms with Gasteiger partial charge in [-0.2, -0.15) is 0 Å². The van der Waals surface area contributed by atoms with Gasteiger partial charge in [-0.3, -0.25) is 4.79 Å². The molecule has 0 unspecified atom stereocenters. The third kappa shape index (κ3) is 3.25. The second kappa shape index (κ2) is 5.92. The molecular formula is C12H12BrNOS. The van der Waals surface area contributed by atoms with E-state index in [9.17, 15) is 4.79 Å². The van der Waals surface area contributed by atoms with Crippen molar-refractivity contribution in [3.05, 3.63) is 52.0 Å². The molecule has 0 radical (unpaired) electrons. The number of rotatable bonds is 3. The molecule has 0 amide bonds. The van der Waals surface area contributed by atoms with Crippen molar-refractivity contribution in [2.75, 3.05) is 0 Å². The van der Waals surface area contributed by atoms with Crippen LogP contribution in [0.4, 0.5) is 0 Å². The van der Waals surface area contributed by atoms with Gasteiger partial charge in [0, 0.05) is 16.6 Å². The Kier molecular flexibility index (Phi) is 4.83. The predicted octanol–water partition coefficient (Wildman–Crippen LogP) is 3.45. The Balaban J connectivity index is 0.00000128. The summed E-state index contributed by atoms with van der Waals surface area (Å²) in [6.07, 6.45) is 0.405. The molecule has 0 aliphatic carbocycles. The highest BCUT2D eigenvalue weighted by Gasteiger charge is 2.08. The average Bonchev–Trinajstić information content (AvgIpc) is 2.65. The summed E-state index contributed by atoms with van der Waals surface area (Å²) >= 11 is 1.54. The number of carbonyl (C=O) groups is 1. The number of hydrogen-bond acceptors (Lipinski definition) is 3. The fraction of sp³-hybridized carbons (Fsp3) is 0.167. The lowest BCUT2D eigenvalue weighted by atomic mass is 10.1. The Morgan fingerprint density at radius 3 is 2.56 bits per heavy atom. The number of hydrogen-bond donors (Lipinski definition) is 0. The number of carbonyl (C=O) groups excluding carboxylic acids is 1. The van der Waals surface area contributed by atoms with Gasteiger partial charge < -0.3 is 0 Å². The molecule has 0 aliphatic rings. The SMILES string of the molecule is Br.Cc1csc(CC(=O)c2ccccc2)n1. The van der Waals surface area contributed by atoms with Crippen molar-refractivity contribution in [3.63, 3.8) is 0 Å². The lowest BCUT2D eigenvalue weighted by molar-refractivity contribution is 0.0993. The first-order chi connectivity index (χ1) is 7.25. The largest absolute Gasteiger partial charge is 0.294 e. The summed E-state index contributed by atoms with van der Waals surface area (Å²) in [4.78, 5) is 16.1. The van der Waals surface area contributed by atoms with E-state index in [4.69, 9.17) is 0 Å². The van der Waals surface area contributed by atoms with Crippen LogP contribution < -0.4 is 0 Å². The zero-order valence-corrected chi connectivity index (χ0v) is 11.4. The molecule has 16 heavy (non-hydrogen) atoms. The van der Waals surface area contributed by atoms with Crippen LogP contribution in [0.5, 0.6) is 0 Å². The normalized spacial score (nSPS) is 9.56. The minimum absolute atomic E-state index is 0. The summed E-state index contributed by atoms with van der Waals surface area (Å²) in [5.74, 6) is 0.130. The van der Waals surface area contributed by atoms with Crippen LogP contribution in [0.25, 0.3) is 0 Å². The zero-order valence-electron chi connectivity index (χ0n) is 8.84. The maximum absolute atomic E-state index is 11.8.